The van der Waals surface area contributed by atoms with Gasteiger partial charge in [0.1, 0.15) is 11.2 Å². The number of aromatic nitrogens is 2. The summed E-state index contributed by atoms with van der Waals surface area (Å²) in [4.78, 5) is 43.9. The van der Waals surface area contributed by atoms with E-state index < -0.39 is 11.5 Å². The number of carbonyl (C=O) groups excluding carboxylic acids is 3. The summed E-state index contributed by atoms with van der Waals surface area (Å²) >= 11 is 0. The second-order valence-electron chi connectivity index (χ2n) is 7.77. The summed E-state index contributed by atoms with van der Waals surface area (Å²) in [7, 11) is 1.25. The van der Waals surface area contributed by atoms with E-state index in [4.69, 9.17) is 9.47 Å². The maximum absolute atomic E-state index is 13.2. The lowest BCUT2D eigenvalue weighted by Gasteiger charge is -2.44. The largest absolute Gasteiger partial charge is 0.464 e. The zero-order valence-corrected chi connectivity index (χ0v) is 16.9. The van der Waals surface area contributed by atoms with Gasteiger partial charge in [-0.2, -0.15) is 0 Å². The third-order valence-corrected chi connectivity index (χ3v) is 5.11. The third kappa shape index (κ3) is 3.76. The molecule has 1 aromatic heterocycles. The summed E-state index contributed by atoms with van der Waals surface area (Å²) in [6, 6.07) is 0.00155. The van der Waals surface area contributed by atoms with Crippen molar-refractivity contribution in [2.45, 2.75) is 64.3 Å². The summed E-state index contributed by atoms with van der Waals surface area (Å²) in [6.07, 6.45) is 3.96. The Kier molecular flexibility index (Phi) is 5.74. The second kappa shape index (κ2) is 7.90. The molecule has 0 aromatic carbocycles. The quantitative estimate of drug-likeness (QED) is 0.523. The number of nitrogens with zero attached hydrogens (tertiary/aromatic N) is 3. The molecule has 1 aromatic rings. The molecule has 1 atom stereocenters. The maximum Gasteiger partial charge on any atom is 0.359 e. The van der Waals surface area contributed by atoms with Gasteiger partial charge < -0.3 is 24.3 Å². The van der Waals surface area contributed by atoms with Crippen LogP contribution in [-0.2, 0) is 20.8 Å². The normalized spacial score (nSPS) is 21.6. The fourth-order valence-corrected chi connectivity index (χ4v) is 3.58. The standard InChI is InChI=1S/C19H28N4O5/c1-12(2)28-9-5-8-20-18(26)19(3)10-22-11-21-14(17(25)27-4)15(22)16(24)23(19)13-6-7-13/h11-13H,5-10H2,1-4H3,(H,20,26)/t19-/m1/s1. The molecule has 1 aliphatic heterocycles. The molecule has 0 saturated heterocycles. The van der Waals surface area contributed by atoms with Crippen LogP contribution in [0.4, 0.5) is 0 Å². The van der Waals surface area contributed by atoms with Crippen LogP contribution in [0.3, 0.4) is 0 Å². The van der Waals surface area contributed by atoms with Gasteiger partial charge in [-0.3, -0.25) is 9.59 Å². The van der Waals surface area contributed by atoms with Crippen molar-refractivity contribution in [3.8, 4) is 0 Å². The summed E-state index contributed by atoms with van der Waals surface area (Å²) in [5, 5.41) is 2.93. The molecule has 9 nitrogen and oxygen atoms in total. The molecule has 1 fully saturated rings. The molecule has 1 N–H and O–H groups in total. The lowest BCUT2D eigenvalue weighted by molar-refractivity contribution is -0.133. The number of imidazole rings is 1. The highest BCUT2D eigenvalue weighted by Crippen LogP contribution is 2.38. The van der Waals surface area contributed by atoms with E-state index in [2.05, 4.69) is 10.3 Å². The minimum atomic E-state index is -1.04. The summed E-state index contributed by atoms with van der Waals surface area (Å²) in [6.45, 7) is 6.97. The number of amides is 2. The third-order valence-electron chi connectivity index (χ3n) is 5.11. The fourth-order valence-electron chi connectivity index (χ4n) is 3.58. The van der Waals surface area contributed by atoms with Crippen LogP contribution in [0.2, 0.25) is 0 Å². The van der Waals surface area contributed by atoms with E-state index in [-0.39, 0.29) is 41.9 Å². The molecule has 1 aliphatic carbocycles. The SMILES string of the molecule is COC(=O)c1ncn2c1C(=O)N(C1CC1)[C@@](C)(C(=O)NCCCOC(C)C)C2. The van der Waals surface area contributed by atoms with E-state index in [0.717, 1.165) is 12.8 Å². The number of rotatable bonds is 8. The Bertz CT molecular complexity index is 770. The smallest absolute Gasteiger partial charge is 0.359 e. The first kappa shape index (κ1) is 20.3. The highest BCUT2D eigenvalue weighted by atomic mass is 16.5. The lowest BCUT2D eigenvalue weighted by Crippen LogP contribution is -2.64. The maximum atomic E-state index is 13.2. The molecule has 1 saturated carbocycles. The second-order valence-corrected chi connectivity index (χ2v) is 7.77. The monoisotopic (exact) mass is 392 g/mol. The summed E-state index contributed by atoms with van der Waals surface area (Å²) in [5.41, 5.74) is -0.862. The molecule has 2 aliphatic rings. The van der Waals surface area contributed by atoms with Crippen LogP contribution in [0.5, 0.6) is 0 Å². The van der Waals surface area contributed by atoms with E-state index in [1.807, 2.05) is 13.8 Å². The molecule has 0 radical (unpaired) electrons. The topological polar surface area (TPSA) is 103 Å². The molecule has 0 bridgehead atoms. The molecule has 2 amide bonds. The van der Waals surface area contributed by atoms with E-state index in [9.17, 15) is 14.4 Å². The van der Waals surface area contributed by atoms with Crippen LogP contribution in [0.15, 0.2) is 6.33 Å². The number of esters is 1. The van der Waals surface area contributed by atoms with Gasteiger partial charge in [-0.25, -0.2) is 9.78 Å². The van der Waals surface area contributed by atoms with Crippen molar-refractivity contribution in [2.24, 2.45) is 0 Å². The van der Waals surface area contributed by atoms with E-state index >= 15 is 0 Å². The molecule has 0 unspecified atom stereocenters. The predicted octanol–water partition coefficient (Wildman–Crippen LogP) is 0.978. The van der Waals surface area contributed by atoms with Crippen LogP contribution < -0.4 is 5.32 Å². The van der Waals surface area contributed by atoms with Crippen molar-refractivity contribution >= 4 is 17.8 Å². The molecule has 3 rings (SSSR count). The van der Waals surface area contributed by atoms with Crippen molar-refractivity contribution in [3.63, 3.8) is 0 Å². The first-order valence-corrected chi connectivity index (χ1v) is 9.66. The van der Waals surface area contributed by atoms with Gasteiger partial charge in [0.15, 0.2) is 5.69 Å². The van der Waals surface area contributed by atoms with Gasteiger partial charge in [-0.1, -0.05) is 0 Å². The first-order valence-electron chi connectivity index (χ1n) is 9.66. The van der Waals surface area contributed by atoms with E-state index in [0.29, 0.717) is 19.6 Å². The number of hydrogen-bond acceptors (Lipinski definition) is 6. The molecule has 0 spiro atoms. The van der Waals surface area contributed by atoms with Crippen molar-refractivity contribution in [2.75, 3.05) is 20.3 Å². The fraction of sp³-hybridized carbons (Fsp3) is 0.684. The van der Waals surface area contributed by atoms with Gasteiger partial charge in [0, 0.05) is 19.2 Å². The molecule has 28 heavy (non-hydrogen) atoms. The summed E-state index contributed by atoms with van der Waals surface area (Å²) in [5.74, 6) is -1.22. The van der Waals surface area contributed by atoms with Crippen molar-refractivity contribution in [3.05, 3.63) is 17.7 Å². The Labute approximate surface area is 164 Å². The molecular formula is C19H28N4O5. The number of nitrogens with one attached hydrogen (secondary N) is 1. The predicted molar refractivity (Wildman–Crippen MR) is 99.9 cm³/mol. The zero-order chi connectivity index (χ0) is 20.5. The highest BCUT2D eigenvalue weighted by Gasteiger charge is 2.53. The number of methoxy groups -OCH3 is 1. The van der Waals surface area contributed by atoms with Gasteiger partial charge in [0.25, 0.3) is 5.91 Å². The number of carbonyl (C=O) groups is 3. The van der Waals surface area contributed by atoms with Gasteiger partial charge in [0.05, 0.1) is 26.1 Å². The Morgan fingerprint density at radius 2 is 2.11 bits per heavy atom. The van der Waals surface area contributed by atoms with Crippen LogP contribution in [0, 0.1) is 0 Å². The minimum absolute atomic E-state index is 0.00155. The molecule has 2 heterocycles. The number of fused-ring (bicyclic) bond motifs is 1. The van der Waals surface area contributed by atoms with E-state index in [1.54, 1.807) is 16.4 Å². The van der Waals surface area contributed by atoms with Gasteiger partial charge in [-0.15, -0.1) is 0 Å². The van der Waals surface area contributed by atoms with Crippen molar-refractivity contribution in [1.29, 1.82) is 0 Å². The number of hydrogen-bond donors (Lipinski definition) is 1. The van der Waals surface area contributed by atoms with Crippen LogP contribution in [0.25, 0.3) is 0 Å². The van der Waals surface area contributed by atoms with Crippen molar-refractivity contribution in [1.82, 2.24) is 19.8 Å². The van der Waals surface area contributed by atoms with Crippen LogP contribution >= 0.6 is 0 Å². The Morgan fingerprint density at radius 3 is 2.71 bits per heavy atom. The first-order chi connectivity index (χ1) is 13.3. The molecule has 9 heteroatoms. The van der Waals surface area contributed by atoms with Crippen LogP contribution in [0.1, 0.15) is 61.0 Å². The zero-order valence-electron chi connectivity index (χ0n) is 16.9. The van der Waals surface area contributed by atoms with Gasteiger partial charge in [-0.05, 0) is 40.0 Å². The van der Waals surface area contributed by atoms with Gasteiger partial charge >= 0.3 is 5.97 Å². The average molecular weight is 392 g/mol. The molecule has 154 valence electrons. The Balaban J connectivity index is 1.78. The lowest BCUT2D eigenvalue weighted by atomic mass is 9.94. The average Bonchev–Trinajstić information content (AvgIpc) is 3.38. The number of ether oxygens (including phenoxy) is 2. The van der Waals surface area contributed by atoms with Crippen LogP contribution in [-0.4, -0.2) is 70.2 Å². The Hall–Kier alpha value is -2.42. The van der Waals surface area contributed by atoms with E-state index in [1.165, 1.54) is 13.4 Å². The van der Waals surface area contributed by atoms with Gasteiger partial charge in [0.2, 0.25) is 5.91 Å². The van der Waals surface area contributed by atoms with Crippen molar-refractivity contribution < 1.29 is 23.9 Å². The highest BCUT2D eigenvalue weighted by molar-refractivity contribution is 6.06. The minimum Gasteiger partial charge on any atom is -0.464 e. The molecular weight excluding hydrogens is 364 g/mol. The summed E-state index contributed by atoms with van der Waals surface area (Å²) < 4.78 is 11.8. The Morgan fingerprint density at radius 1 is 1.39 bits per heavy atom.